The van der Waals surface area contributed by atoms with Gasteiger partial charge >= 0.3 is 6.36 Å². The predicted molar refractivity (Wildman–Crippen MR) is 84.1 cm³/mol. The minimum Gasteiger partial charge on any atom is -0.406 e. The maximum absolute atomic E-state index is 12.2. The molecule has 0 aliphatic carbocycles. The minimum absolute atomic E-state index is 0.273. The van der Waals surface area contributed by atoms with Gasteiger partial charge in [-0.05, 0) is 42.3 Å². The van der Waals surface area contributed by atoms with Crippen molar-refractivity contribution in [1.82, 2.24) is 14.8 Å². The number of alkyl halides is 3. The molecular weight excluding hydrogens is 335 g/mol. The van der Waals surface area contributed by atoms with Crippen LogP contribution in [0.15, 0.2) is 54.9 Å². The topological polar surface area (TPSA) is 60.2 Å². The summed E-state index contributed by atoms with van der Waals surface area (Å²) in [6, 6.07) is 12.9. The second-order valence-electron chi connectivity index (χ2n) is 5.35. The number of aliphatic hydroxyl groups excluding tert-OH is 1. The van der Waals surface area contributed by atoms with Crippen molar-refractivity contribution in [2.75, 3.05) is 0 Å². The van der Waals surface area contributed by atoms with Crippen LogP contribution in [0.4, 0.5) is 13.2 Å². The van der Waals surface area contributed by atoms with Gasteiger partial charge in [-0.25, -0.2) is 9.67 Å². The molecule has 0 fully saturated rings. The van der Waals surface area contributed by atoms with E-state index in [1.165, 1.54) is 23.1 Å². The third-order valence-electron chi connectivity index (χ3n) is 3.42. The zero-order valence-electron chi connectivity index (χ0n) is 13.1. The Morgan fingerprint density at radius 1 is 1.08 bits per heavy atom. The molecule has 5 nitrogen and oxygen atoms in total. The molecule has 0 spiro atoms. The Kier molecular flexibility index (Phi) is 4.45. The van der Waals surface area contributed by atoms with Crippen LogP contribution in [0, 0.1) is 0 Å². The molecule has 0 amide bonds. The monoisotopic (exact) mass is 349 g/mol. The van der Waals surface area contributed by atoms with Gasteiger partial charge in [0.25, 0.3) is 0 Å². The number of halogens is 3. The summed E-state index contributed by atoms with van der Waals surface area (Å²) in [5.41, 5.74) is 2.24. The number of aliphatic hydroxyl groups is 1. The van der Waals surface area contributed by atoms with Crippen molar-refractivity contribution in [3.8, 4) is 22.6 Å². The van der Waals surface area contributed by atoms with Crippen LogP contribution in [0.5, 0.6) is 5.75 Å². The van der Waals surface area contributed by atoms with Gasteiger partial charge in [0, 0.05) is 0 Å². The average Bonchev–Trinajstić information content (AvgIpc) is 3.04. The molecule has 0 saturated heterocycles. The molecule has 1 N–H and O–H groups in total. The third kappa shape index (κ3) is 4.16. The van der Waals surface area contributed by atoms with Crippen molar-refractivity contribution in [2.45, 2.75) is 19.4 Å². The fraction of sp³-hybridized carbons (Fsp3) is 0.176. The van der Waals surface area contributed by atoms with Crippen molar-refractivity contribution < 1.29 is 23.0 Å². The van der Waals surface area contributed by atoms with Crippen LogP contribution in [-0.4, -0.2) is 26.2 Å². The molecule has 0 saturated carbocycles. The van der Waals surface area contributed by atoms with E-state index in [0.29, 0.717) is 11.5 Å². The van der Waals surface area contributed by atoms with E-state index in [1.807, 2.05) is 18.2 Å². The highest BCUT2D eigenvalue weighted by atomic mass is 19.4. The lowest BCUT2D eigenvalue weighted by Crippen LogP contribution is -2.16. The highest BCUT2D eigenvalue weighted by Gasteiger charge is 2.30. The lowest BCUT2D eigenvalue weighted by Gasteiger charge is -2.10. The van der Waals surface area contributed by atoms with Gasteiger partial charge < -0.3 is 9.84 Å². The zero-order valence-corrected chi connectivity index (χ0v) is 13.1. The summed E-state index contributed by atoms with van der Waals surface area (Å²) in [5.74, 6) is 0.0318. The van der Waals surface area contributed by atoms with Gasteiger partial charge in [0.1, 0.15) is 18.2 Å². The molecule has 2 aromatic carbocycles. The second kappa shape index (κ2) is 6.56. The molecule has 8 heteroatoms. The largest absolute Gasteiger partial charge is 0.573 e. The van der Waals surface area contributed by atoms with Crippen LogP contribution in [0.2, 0.25) is 0 Å². The molecular formula is C17H14F3N3O2. The number of hydrogen-bond acceptors (Lipinski definition) is 4. The highest BCUT2D eigenvalue weighted by Crippen LogP contribution is 2.27. The normalized spacial score (nSPS) is 12.8. The number of rotatable bonds is 4. The zero-order chi connectivity index (χ0) is 18.0. The van der Waals surface area contributed by atoms with Crippen LogP contribution >= 0.6 is 0 Å². The fourth-order valence-corrected chi connectivity index (χ4v) is 2.27. The van der Waals surface area contributed by atoms with E-state index in [0.717, 1.165) is 11.1 Å². The molecule has 25 heavy (non-hydrogen) atoms. The molecule has 0 radical (unpaired) electrons. The van der Waals surface area contributed by atoms with E-state index in [1.54, 1.807) is 25.1 Å². The SMILES string of the molecule is CC(O)c1ncn(-c2cccc(-c3ccc(OC(F)(F)F)cc3)c2)n1. The summed E-state index contributed by atoms with van der Waals surface area (Å²) in [4.78, 5) is 4.02. The van der Waals surface area contributed by atoms with Crippen LogP contribution in [0.1, 0.15) is 18.9 Å². The quantitative estimate of drug-likeness (QED) is 0.776. The minimum atomic E-state index is -4.71. The Morgan fingerprint density at radius 2 is 1.80 bits per heavy atom. The first-order valence-corrected chi connectivity index (χ1v) is 7.38. The molecule has 0 aliphatic heterocycles. The van der Waals surface area contributed by atoms with Crippen molar-refractivity contribution in [2.24, 2.45) is 0 Å². The molecule has 1 atom stereocenters. The van der Waals surface area contributed by atoms with Crippen LogP contribution in [0.3, 0.4) is 0 Å². The second-order valence-corrected chi connectivity index (χ2v) is 5.35. The summed E-state index contributed by atoms with van der Waals surface area (Å²) in [6.07, 6.45) is -4.00. The summed E-state index contributed by atoms with van der Waals surface area (Å²) in [5, 5.41) is 13.7. The van der Waals surface area contributed by atoms with Crippen LogP contribution in [0.25, 0.3) is 16.8 Å². The first-order chi connectivity index (χ1) is 11.8. The Morgan fingerprint density at radius 3 is 2.40 bits per heavy atom. The summed E-state index contributed by atoms with van der Waals surface area (Å²) < 4.78 is 42.0. The van der Waals surface area contributed by atoms with Crippen molar-refractivity contribution in [3.63, 3.8) is 0 Å². The standard InChI is InChI=1S/C17H14F3N3O2/c1-11(24)16-21-10-23(22-16)14-4-2-3-13(9-14)12-5-7-15(8-6-12)25-17(18,19)20/h2-11,24H,1H3. The summed E-state index contributed by atoms with van der Waals surface area (Å²) in [6.45, 7) is 1.57. The first-order valence-electron chi connectivity index (χ1n) is 7.38. The lowest BCUT2D eigenvalue weighted by molar-refractivity contribution is -0.274. The predicted octanol–water partition coefficient (Wildman–Crippen LogP) is 3.89. The molecule has 0 bridgehead atoms. The Bertz CT molecular complexity index is 858. The van der Waals surface area contributed by atoms with E-state index in [-0.39, 0.29) is 5.75 Å². The first kappa shape index (κ1) is 17.0. The summed E-state index contributed by atoms with van der Waals surface area (Å²) >= 11 is 0. The summed E-state index contributed by atoms with van der Waals surface area (Å²) in [7, 11) is 0. The molecule has 0 aliphatic rings. The van der Waals surface area contributed by atoms with Gasteiger partial charge in [-0.1, -0.05) is 24.3 Å². The third-order valence-corrected chi connectivity index (χ3v) is 3.42. The smallest absolute Gasteiger partial charge is 0.406 e. The number of aromatic nitrogens is 3. The Hall–Kier alpha value is -2.87. The van der Waals surface area contributed by atoms with Gasteiger partial charge in [0.15, 0.2) is 5.82 Å². The van der Waals surface area contributed by atoms with E-state index in [4.69, 9.17) is 0 Å². The van der Waals surface area contributed by atoms with Gasteiger partial charge in [0.2, 0.25) is 0 Å². The van der Waals surface area contributed by atoms with Crippen molar-refractivity contribution in [3.05, 3.63) is 60.7 Å². The Labute approximate surface area is 141 Å². The van der Waals surface area contributed by atoms with Crippen LogP contribution < -0.4 is 4.74 Å². The molecule has 1 unspecified atom stereocenters. The fourth-order valence-electron chi connectivity index (χ4n) is 2.27. The van der Waals surface area contributed by atoms with Crippen LogP contribution in [-0.2, 0) is 0 Å². The van der Waals surface area contributed by atoms with Gasteiger partial charge in [-0.15, -0.1) is 18.3 Å². The van der Waals surface area contributed by atoms with Crippen molar-refractivity contribution in [1.29, 1.82) is 0 Å². The van der Waals surface area contributed by atoms with Gasteiger partial charge in [-0.3, -0.25) is 0 Å². The van der Waals surface area contributed by atoms with E-state index >= 15 is 0 Å². The van der Waals surface area contributed by atoms with Gasteiger partial charge in [0.05, 0.1) is 5.69 Å². The van der Waals surface area contributed by atoms with E-state index < -0.39 is 12.5 Å². The maximum atomic E-state index is 12.2. The lowest BCUT2D eigenvalue weighted by atomic mass is 10.1. The van der Waals surface area contributed by atoms with Crippen molar-refractivity contribution >= 4 is 0 Å². The number of benzene rings is 2. The molecule has 1 aromatic heterocycles. The molecule has 1 heterocycles. The highest BCUT2D eigenvalue weighted by molar-refractivity contribution is 5.66. The molecule has 3 aromatic rings. The average molecular weight is 349 g/mol. The molecule has 3 rings (SSSR count). The van der Waals surface area contributed by atoms with E-state index in [2.05, 4.69) is 14.8 Å². The Balaban J connectivity index is 1.86. The molecule has 130 valence electrons. The number of ether oxygens (including phenoxy) is 1. The number of hydrogen-bond donors (Lipinski definition) is 1. The van der Waals surface area contributed by atoms with E-state index in [9.17, 15) is 18.3 Å². The number of nitrogens with zero attached hydrogens (tertiary/aromatic N) is 3. The maximum Gasteiger partial charge on any atom is 0.573 e. The van der Waals surface area contributed by atoms with Gasteiger partial charge in [-0.2, -0.15) is 0 Å².